The third-order valence-electron chi connectivity index (χ3n) is 3.82. The van der Waals surface area contributed by atoms with Gasteiger partial charge >= 0.3 is 0 Å². The van der Waals surface area contributed by atoms with Crippen molar-refractivity contribution in [1.29, 1.82) is 5.41 Å². The first-order valence-electron chi connectivity index (χ1n) is 8.16. The zero-order valence-corrected chi connectivity index (χ0v) is 16.0. The van der Waals surface area contributed by atoms with Gasteiger partial charge in [-0.3, -0.25) is 5.41 Å². The van der Waals surface area contributed by atoms with E-state index in [0.717, 1.165) is 11.1 Å². The van der Waals surface area contributed by atoms with Crippen LogP contribution in [0.5, 0.6) is 0 Å². The Balaban J connectivity index is 2.59. The minimum atomic E-state index is -0.422. The summed E-state index contributed by atoms with van der Waals surface area (Å²) < 4.78 is 0. The smallest absolute Gasteiger partial charge is 0.0690 e. The molecule has 0 atom stereocenters. The van der Waals surface area contributed by atoms with Crippen molar-refractivity contribution in [2.45, 2.75) is 51.9 Å². The van der Waals surface area contributed by atoms with Crippen LogP contribution in [0.25, 0.3) is 0 Å². The van der Waals surface area contributed by atoms with Crippen molar-refractivity contribution in [3.05, 3.63) is 65.7 Å². The van der Waals surface area contributed by atoms with E-state index in [2.05, 4.69) is 65.8 Å². The molecule has 0 aliphatic rings. The summed E-state index contributed by atoms with van der Waals surface area (Å²) in [5.74, 6) is 0. The van der Waals surface area contributed by atoms with Gasteiger partial charge in [0.2, 0.25) is 0 Å². The van der Waals surface area contributed by atoms with Gasteiger partial charge in [0, 0.05) is 11.1 Å². The lowest BCUT2D eigenvalue weighted by atomic mass is 10.0. The molecule has 0 fully saturated rings. The van der Waals surface area contributed by atoms with Gasteiger partial charge in [0.1, 0.15) is 0 Å². The molecule has 2 aromatic carbocycles. The summed E-state index contributed by atoms with van der Waals surface area (Å²) in [5, 5.41) is 10.5. The fraction of sp³-hybridized carbons (Fsp3) is 0.381. The quantitative estimate of drug-likeness (QED) is 0.544. The molecule has 1 nitrogen and oxygen atoms in total. The van der Waals surface area contributed by atoms with Crippen molar-refractivity contribution in [1.82, 2.24) is 0 Å². The molecule has 0 aliphatic carbocycles. The maximum absolute atomic E-state index is 8.72. The molecule has 0 unspecified atom stereocenters. The van der Waals surface area contributed by atoms with Crippen LogP contribution in [0.15, 0.2) is 54.6 Å². The Morgan fingerprint density at radius 3 is 1.74 bits per heavy atom. The van der Waals surface area contributed by atoms with E-state index in [0.29, 0.717) is 5.71 Å². The molecule has 0 heterocycles. The van der Waals surface area contributed by atoms with Gasteiger partial charge in [0.25, 0.3) is 0 Å². The van der Waals surface area contributed by atoms with Crippen molar-refractivity contribution in [3.8, 4) is 0 Å². The van der Waals surface area contributed by atoms with E-state index in [1.165, 1.54) is 5.30 Å². The molecule has 1 N–H and O–H groups in total. The Labute approximate surface area is 142 Å². The second-order valence-electron chi connectivity index (χ2n) is 7.94. The highest BCUT2D eigenvalue weighted by atomic mass is 31.1. The molecule has 0 saturated heterocycles. The van der Waals surface area contributed by atoms with E-state index in [1.807, 2.05) is 30.3 Å². The maximum atomic E-state index is 8.72. The number of benzene rings is 2. The van der Waals surface area contributed by atoms with Crippen molar-refractivity contribution in [2.24, 2.45) is 0 Å². The Morgan fingerprint density at radius 2 is 1.22 bits per heavy atom. The van der Waals surface area contributed by atoms with Gasteiger partial charge in [0.05, 0.1) is 5.71 Å². The van der Waals surface area contributed by atoms with Gasteiger partial charge < -0.3 is 0 Å². The van der Waals surface area contributed by atoms with Crippen LogP contribution in [-0.2, 0) is 0 Å². The van der Waals surface area contributed by atoms with E-state index >= 15 is 0 Å². The van der Waals surface area contributed by atoms with E-state index in [4.69, 9.17) is 5.41 Å². The van der Waals surface area contributed by atoms with Crippen molar-refractivity contribution >= 4 is 18.9 Å². The lowest BCUT2D eigenvalue weighted by Gasteiger charge is -2.42. The van der Waals surface area contributed by atoms with Crippen LogP contribution >= 0.6 is 7.92 Å². The summed E-state index contributed by atoms with van der Waals surface area (Å²) in [6.45, 7) is 14.0. The zero-order valence-electron chi connectivity index (χ0n) is 15.1. The van der Waals surface area contributed by atoms with Gasteiger partial charge in [-0.1, -0.05) is 104 Å². The molecule has 0 bridgehead atoms. The summed E-state index contributed by atoms with van der Waals surface area (Å²) in [6, 6.07) is 18.6. The predicted octanol–water partition coefficient (Wildman–Crippen LogP) is 5.81. The minimum Gasteiger partial charge on any atom is -0.300 e. The summed E-state index contributed by atoms with van der Waals surface area (Å²) in [6.07, 6.45) is 0. The first kappa shape index (κ1) is 17.9. The van der Waals surface area contributed by atoms with Crippen LogP contribution in [0.3, 0.4) is 0 Å². The highest BCUT2D eigenvalue weighted by Gasteiger charge is 2.37. The van der Waals surface area contributed by atoms with Gasteiger partial charge in [-0.15, -0.1) is 0 Å². The molecular formula is C21H28NP. The molecule has 0 amide bonds. The summed E-state index contributed by atoms with van der Waals surface area (Å²) in [7, 11) is -0.422. The summed E-state index contributed by atoms with van der Waals surface area (Å²) in [5.41, 5.74) is 2.69. The molecular weight excluding hydrogens is 297 g/mol. The van der Waals surface area contributed by atoms with Crippen LogP contribution in [0, 0.1) is 5.41 Å². The third kappa shape index (κ3) is 4.09. The number of rotatable bonds is 3. The summed E-state index contributed by atoms with van der Waals surface area (Å²) in [4.78, 5) is 0. The molecule has 0 spiro atoms. The average Bonchev–Trinajstić information content (AvgIpc) is 2.45. The Hall–Kier alpha value is -1.46. The van der Waals surface area contributed by atoms with Crippen LogP contribution < -0.4 is 5.30 Å². The van der Waals surface area contributed by atoms with Crippen molar-refractivity contribution in [2.75, 3.05) is 0 Å². The lowest BCUT2D eigenvalue weighted by Crippen LogP contribution is -2.33. The number of hydrogen-bond acceptors (Lipinski definition) is 1. The molecule has 2 heteroatoms. The van der Waals surface area contributed by atoms with E-state index in [9.17, 15) is 0 Å². The first-order valence-corrected chi connectivity index (χ1v) is 9.50. The molecule has 0 aromatic heterocycles. The largest absolute Gasteiger partial charge is 0.300 e. The molecule has 2 aromatic rings. The fourth-order valence-corrected chi connectivity index (χ4v) is 7.49. The fourth-order valence-electron chi connectivity index (χ4n) is 3.37. The van der Waals surface area contributed by atoms with Crippen molar-refractivity contribution < 1.29 is 0 Å². The Kier molecular flexibility index (Phi) is 5.11. The van der Waals surface area contributed by atoms with Crippen LogP contribution in [-0.4, -0.2) is 16.0 Å². The molecule has 0 saturated carbocycles. The van der Waals surface area contributed by atoms with Gasteiger partial charge in [-0.25, -0.2) is 0 Å². The van der Waals surface area contributed by atoms with E-state index in [1.54, 1.807) is 0 Å². The molecule has 0 radical (unpaired) electrons. The molecule has 2 rings (SSSR count). The van der Waals surface area contributed by atoms with Crippen LogP contribution in [0.1, 0.15) is 52.7 Å². The van der Waals surface area contributed by atoms with Gasteiger partial charge in [-0.05, 0) is 15.6 Å². The molecule has 122 valence electrons. The summed E-state index contributed by atoms with van der Waals surface area (Å²) >= 11 is 0. The minimum absolute atomic E-state index is 0.195. The lowest BCUT2D eigenvalue weighted by molar-refractivity contribution is 0.715. The molecule has 23 heavy (non-hydrogen) atoms. The maximum Gasteiger partial charge on any atom is 0.0690 e. The second kappa shape index (κ2) is 6.57. The molecule has 0 aliphatic heterocycles. The van der Waals surface area contributed by atoms with Gasteiger partial charge in [0.15, 0.2) is 0 Å². The van der Waals surface area contributed by atoms with Crippen LogP contribution in [0.4, 0.5) is 0 Å². The standard InChI is InChI=1S/C21H28NP/c1-20(2,3)23(21(4,5)6)18-15-11-10-14-17(18)19(22)16-12-8-7-9-13-16/h7-15,22H,1-6H3. The zero-order chi connectivity index (χ0) is 17.3. The number of nitrogens with one attached hydrogen (secondary N) is 1. The Bertz CT molecular complexity index is 661. The third-order valence-corrected chi connectivity index (χ3v) is 7.37. The van der Waals surface area contributed by atoms with Crippen LogP contribution in [0.2, 0.25) is 0 Å². The monoisotopic (exact) mass is 325 g/mol. The average molecular weight is 325 g/mol. The topological polar surface area (TPSA) is 23.9 Å². The SMILES string of the molecule is CC(C)(C)P(c1ccccc1C(=N)c1ccccc1)C(C)(C)C. The Morgan fingerprint density at radius 1 is 0.739 bits per heavy atom. The number of hydrogen-bond donors (Lipinski definition) is 1. The van der Waals surface area contributed by atoms with E-state index in [-0.39, 0.29) is 10.3 Å². The van der Waals surface area contributed by atoms with E-state index < -0.39 is 7.92 Å². The highest BCUT2D eigenvalue weighted by molar-refractivity contribution is 7.68. The van der Waals surface area contributed by atoms with Gasteiger partial charge in [-0.2, -0.15) is 0 Å². The predicted molar refractivity (Wildman–Crippen MR) is 105 cm³/mol. The second-order valence-corrected chi connectivity index (χ2v) is 11.8. The normalized spacial score (nSPS) is 12.5. The van der Waals surface area contributed by atoms with Crippen molar-refractivity contribution in [3.63, 3.8) is 0 Å². The highest BCUT2D eigenvalue weighted by Crippen LogP contribution is 2.58. The first-order chi connectivity index (χ1) is 10.6.